The number of hydrogen-bond donors (Lipinski definition) is 1. The van der Waals surface area contributed by atoms with E-state index in [1.165, 1.54) is 21.7 Å². The van der Waals surface area contributed by atoms with Gasteiger partial charge in [0.1, 0.15) is 6.34 Å². The molecule has 0 aliphatic carbocycles. The molecule has 0 radical (unpaired) electrons. The molecule has 0 aliphatic heterocycles. The van der Waals surface area contributed by atoms with Gasteiger partial charge in [-0.25, -0.2) is 0 Å². The Morgan fingerprint density at radius 2 is 1.22 bits per heavy atom. The molecule has 2 aromatic rings. The van der Waals surface area contributed by atoms with E-state index in [2.05, 4.69) is 121 Å². The standard InChI is InChI=1S/C25H45N4PSSi/c1-17(2)28(18(3)4)30(31,29(19(5)6)20(7)8)25-24(32(10,11)12)23(26-27-25)22-15-13-21(9)14-16-22/h13-20H,1-12H3,(H,26,27). The highest BCUT2D eigenvalue weighted by Gasteiger charge is 2.45. The monoisotopic (exact) mass is 492 g/mol. The Balaban J connectivity index is 2.96. The van der Waals surface area contributed by atoms with Gasteiger partial charge < -0.3 is 0 Å². The van der Waals surface area contributed by atoms with Crippen LogP contribution in [0.4, 0.5) is 0 Å². The number of H-pyrrole nitrogens is 1. The van der Waals surface area contributed by atoms with Crippen molar-refractivity contribution >= 4 is 36.8 Å². The lowest BCUT2D eigenvalue weighted by Gasteiger charge is -2.50. The van der Waals surface area contributed by atoms with Gasteiger partial charge in [-0.2, -0.15) is 5.10 Å². The lowest BCUT2D eigenvalue weighted by Crippen LogP contribution is -2.54. The third-order valence-corrected chi connectivity index (χ3v) is 13.7. The summed E-state index contributed by atoms with van der Waals surface area (Å²) in [5.74, 6) is 0. The van der Waals surface area contributed by atoms with Gasteiger partial charge in [0, 0.05) is 29.7 Å². The van der Waals surface area contributed by atoms with E-state index < -0.39 is 14.4 Å². The van der Waals surface area contributed by atoms with Gasteiger partial charge in [0.2, 0.25) is 0 Å². The summed E-state index contributed by atoms with van der Waals surface area (Å²) in [4.78, 5) is 0. The summed E-state index contributed by atoms with van der Waals surface area (Å²) < 4.78 is 5.19. The van der Waals surface area contributed by atoms with Gasteiger partial charge in [0.15, 0.2) is 0 Å². The lowest BCUT2D eigenvalue weighted by atomic mass is 10.1. The zero-order chi connectivity index (χ0) is 24.6. The zero-order valence-corrected chi connectivity index (χ0v) is 25.0. The minimum absolute atomic E-state index is 0.335. The van der Waals surface area contributed by atoms with E-state index in [4.69, 9.17) is 16.9 Å². The van der Waals surface area contributed by atoms with Crippen LogP contribution in [0.3, 0.4) is 0 Å². The Morgan fingerprint density at radius 1 is 0.812 bits per heavy atom. The number of benzene rings is 1. The van der Waals surface area contributed by atoms with Crippen LogP contribution in [-0.4, -0.2) is 51.8 Å². The first-order valence-corrected chi connectivity index (χ1v) is 18.2. The number of aromatic nitrogens is 2. The van der Waals surface area contributed by atoms with Crippen molar-refractivity contribution < 1.29 is 0 Å². The van der Waals surface area contributed by atoms with E-state index >= 15 is 0 Å². The number of rotatable bonds is 9. The Hall–Kier alpha value is -0.783. The summed E-state index contributed by atoms with van der Waals surface area (Å²) in [5.41, 5.74) is 4.74. The van der Waals surface area contributed by atoms with Gasteiger partial charge in [-0.3, -0.25) is 14.4 Å². The molecule has 32 heavy (non-hydrogen) atoms. The molecule has 0 spiro atoms. The van der Waals surface area contributed by atoms with Gasteiger partial charge in [-0.15, -0.1) is 0 Å². The maximum absolute atomic E-state index is 6.87. The van der Waals surface area contributed by atoms with Crippen molar-refractivity contribution in [3.8, 4) is 11.3 Å². The second-order valence-electron chi connectivity index (χ2n) is 11.1. The van der Waals surface area contributed by atoms with E-state index in [1.54, 1.807) is 0 Å². The van der Waals surface area contributed by atoms with Crippen LogP contribution in [0.2, 0.25) is 19.6 Å². The maximum atomic E-state index is 6.87. The molecule has 1 heterocycles. The van der Waals surface area contributed by atoms with Crippen molar-refractivity contribution in [3.63, 3.8) is 0 Å². The topological polar surface area (TPSA) is 35.2 Å². The molecule has 0 unspecified atom stereocenters. The first kappa shape index (κ1) is 27.5. The molecule has 0 atom stereocenters. The van der Waals surface area contributed by atoms with Crippen LogP contribution < -0.4 is 10.6 Å². The number of aryl methyl sites for hydroxylation is 1. The van der Waals surface area contributed by atoms with Gasteiger partial charge in [-0.1, -0.05) is 61.3 Å². The first-order chi connectivity index (χ1) is 14.6. The fourth-order valence-corrected chi connectivity index (χ4v) is 14.8. The Morgan fingerprint density at radius 3 is 1.56 bits per heavy atom. The number of hydrogen-bond acceptors (Lipinski definition) is 2. The fraction of sp³-hybridized carbons (Fsp3) is 0.640. The fourth-order valence-electron chi connectivity index (χ4n) is 4.97. The highest BCUT2D eigenvalue weighted by atomic mass is 32.4. The Kier molecular flexibility index (Phi) is 8.78. The van der Waals surface area contributed by atoms with Crippen LogP contribution in [-0.2, 0) is 11.8 Å². The molecule has 0 aliphatic rings. The number of aromatic amines is 1. The van der Waals surface area contributed by atoms with Crippen molar-refractivity contribution in [1.82, 2.24) is 19.5 Å². The maximum Gasteiger partial charge on any atom is 0.125 e. The Bertz CT molecular complexity index is 902. The molecule has 0 fully saturated rings. The molecule has 180 valence electrons. The SMILES string of the molecule is Cc1ccc(-c2n[nH]c(P(=S)(N(C(C)C)C(C)C)N(C(C)C)C(C)C)c2[Si](C)(C)C)cc1. The average molecular weight is 493 g/mol. The molecule has 2 rings (SSSR count). The van der Waals surface area contributed by atoms with E-state index in [0.29, 0.717) is 24.2 Å². The van der Waals surface area contributed by atoms with Gasteiger partial charge in [0.25, 0.3) is 0 Å². The third-order valence-electron chi connectivity index (χ3n) is 5.86. The van der Waals surface area contributed by atoms with Crippen molar-refractivity contribution in [2.24, 2.45) is 0 Å². The van der Waals surface area contributed by atoms with Crippen LogP contribution in [0.25, 0.3) is 11.3 Å². The minimum Gasteiger partial charge on any atom is -0.274 e. The van der Waals surface area contributed by atoms with Gasteiger partial charge in [0.05, 0.1) is 19.2 Å². The average Bonchev–Trinajstić information content (AvgIpc) is 3.07. The van der Waals surface area contributed by atoms with Crippen molar-refractivity contribution in [3.05, 3.63) is 29.8 Å². The molecule has 0 amide bonds. The predicted molar refractivity (Wildman–Crippen MR) is 150 cm³/mol. The second-order valence-corrected chi connectivity index (χ2v) is 20.1. The molecule has 1 aromatic carbocycles. The number of nitrogens with zero attached hydrogens (tertiary/aromatic N) is 3. The quantitative estimate of drug-likeness (QED) is 0.339. The summed E-state index contributed by atoms with van der Waals surface area (Å²) in [6, 6.07) is 10.1. The van der Waals surface area contributed by atoms with Crippen molar-refractivity contribution in [2.45, 2.75) is 106 Å². The first-order valence-electron chi connectivity index (χ1n) is 12.0. The van der Waals surface area contributed by atoms with Crippen molar-refractivity contribution in [1.29, 1.82) is 0 Å². The minimum atomic E-state index is -2.34. The molecule has 0 bridgehead atoms. The highest BCUT2D eigenvalue weighted by Crippen LogP contribution is 2.56. The van der Waals surface area contributed by atoms with E-state index in [9.17, 15) is 0 Å². The number of nitrogens with one attached hydrogen (secondary N) is 1. The smallest absolute Gasteiger partial charge is 0.125 e. The predicted octanol–water partition coefficient (Wildman–Crippen LogP) is 6.10. The molecule has 0 saturated carbocycles. The highest BCUT2D eigenvalue weighted by molar-refractivity contribution is 8.16. The van der Waals surface area contributed by atoms with E-state index in [0.717, 1.165) is 5.69 Å². The lowest BCUT2D eigenvalue weighted by molar-refractivity contribution is 0.259. The van der Waals surface area contributed by atoms with Crippen LogP contribution >= 0.6 is 6.34 Å². The molecule has 0 saturated heterocycles. The largest absolute Gasteiger partial charge is 0.274 e. The molecule has 7 heteroatoms. The van der Waals surface area contributed by atoms with Gasteiger partial charge >= 0.3 is 0 Å². The molecular weight excluding hydrogens is 447 g/mol. The van der Waals surface area contributed by atoms with E-state index in [-0.39, 0.29) is 0 Å². The molecular formula is C25H45N4PSSi. The van der Waals surface area contributed by atoms with Crippen molar-refractivity contribution in [2.75, 3.05) is 0 Å². The van der Waals surface area contributed by atoms with Crippen LogP contribution in [0.15, 0.2) is 24.3 Å². The second kappa shape index (κ2) is 10.2. The molecule has 1 aromatic heterocycles. The third kappa shape index (κ3) is 5.31. The summed E-state index contributed by atoms with van der Waals surface area (Å²) >= 11 is 6.87. The summed E-state index contributed by atoms with van der Waals surface area (Å²) in [6.07, 6.45) is -2.34. The zero-order valence-electron chi connectivity index (χ0n) is 22.3. The Labute approximate surface area is 203 Å². The van der Waals surface area contributed by atoms with Crippen LogP contribution in [0, 0.1) is 6.92 Å². The molecule has 4 nitrogen and oxygen atoms in total. The summed E-state index contributed by atoms with van der Waals surface area (Å²) in [5, 5.41) is 9.92. The van der Waals surface area contributed by atoms with Gasteiger partial charge in [-0.05, 0) is 67.5 Å². The van der Waals surface area contributed by atoms with Crippen LogP contribution in [0.5, 0.6) is 0 Å². The normalized spacial score (nSPS) is 13.6. The van der Waals surface area contributed by atoms with Crippen LogP contribution in [0.1, 0.15) is 61.0 Å². The summed E-state index contributed by atoms with van der Waals surface area (Å²) in [6.45, 7) is 27.7. The van der Waals surface area contributed by atoms with E-state index in [1.807, 2.05) is 0 Å². The summed E-state index contributed by atoms with van der Waals surface area (Å²) in [7, 11) is -1.79. The molecule has 1 N–H and O–H groups in total.